The van der Waals surface area contributed by atoms with Crippen molar-refractivity contribution >= 4 is 33.0 Å². The van der Waals surface area contributed by atoms with Gasteiger partial charge >= 0.3 is 0 Å². The third kappa shape index (κ3) is 4.48. The number of aromatic amines is 1. The second kappa shape index (κ2) is 8.86. The Balaban J connectivity index is 1.79. The Hall–Kier alpha value is -2.00. The van der Waals surface area contributed by atoms with Crippen LogP contribution in [0.4, 0.5) is 8.78 Å². The Morgan fingerprint density at radius 3 is 2.06 bits per heavy atom. The fraction of sp³-hybridized carbons (Fsp3) is 0.286. The molecule has 4 rings (SSSR count). The summed E-state index contributed by atoms with van der Waals surface area (Å²) in [4.78, 5) is 7.20. The van der Waals surface area contributed by atoms with Crippen molar-refractivity contribution in [3.63, 3.8) is 0 Å². The second-order valence-electron chi connectivity index (χ2n) is 7.27. The van der Waals surface area contributed by atoms with Crippen LogP contribution >= 0.6 is 23.2 Å². The quantitative estimate of drug-likeness (QED) is 0.542. The van der Waals surface area contributed by atoms with Gasteiger partial charge in [0.1, 0.15) is 17.5 Å². The predicted molar refractivity (Wildman–Crippen MR) is 113 cm³/mol. The number of nitrogens with zero attached hydrogens (tertiary/aromatic N) is 1. The minimum Gasteiger partial charge on any atom is -0.381 e. The van der Waals surface area contributed by atoms with Gasteiger partial charge in [-0.25, -0.2) is 22.2 Å². The van der Waals surface area contributed by atoms with E-state index >= 15 is 0 Å². The molecule has 5 nitrogen and oxygen atoms in total. The Bertz CT molecular complexity index is 1160. The van der Waals surface area contributed by atoms with Crippen LogP contribution in [0.5, 0.6) is 0 Å². The Morgan fingerprint density at radius 2 is 1.55 bits per heavy atom. The highest BCUT2D eigenvalue weighted by molar-refractivity contribution is 7.92. The van der Waals surface area contributed by atoms with E-state index in [1.54, 1.807) is 0 Å². The second-order valence-corrected chi connectivity index (χ2v) is 10.3. The third-order valence-corrected chi connectivity index (χ3v) is 8.06. The van der Waals surface area contributed by atoms with Gasteiger partial charge in [-0.3, -0.25) is 0 Å². The molecule has 10 heteroatoms. The number of hydrogen-bond donors (Lipinski definition) is 1. The zero-order chi connectivity index (χ0) is 22.2. The summed E-state index contributed by atoms with van der Waals surface area (Å²) in [5, 5.41) is -0.774. The van der Waals surface area contributed by atoms with E-state index < -0.39 is 32.6 Å². The fourth-order valence-electron chi connectivity index (χ4n) is 3.67. The van der Waals surface area contributed by atoms with Gasteiger partial charge in [0.2, 0.25) is 0 Å². The molecule has 2 aromatic carbocycles. The highest BCUT2D eigenvalue weighted by atomic mass is 35.5. The molecular formula is C21H18Cl2F2N2O3S. The number of H-pyrrole nitrogens is 1. The molecule has 0 saturated carbocycles. The molecule has 0 bridgehead atoms. The first kappa shape index (κ1) is 22.2. The molecular weight excluding hydrogens is 469 g/mol. The average molecular weight is 487 g/mol. The van der Waals surface area contributed by atoms with Crippen molar-refractivity contribution in [2.75, 3.05) is 13.2 Å². The average Bonchev–Trinajstić information content (AvgIpc) is 3.24. The maximum absolute atomic E-state index is 13.7. The zero-order valence-corrected chi connectivity index (χ0v) is 18.4. The largest absolute Gasteiger partial charge is 0.381 e. The molecule has 1 saturated heterocycles. The normalized spacial score (nSPS) is 15.5. The number of aromatic nitrogens is 2. The molecule has 1 aromatic heterocycles. The molecule has 0 atom stereocenters. The summed E-state index contributed by atoms with van der Waals surface area (Å²) in [6.45, 7) is 0.769. The van der Waals surface area contributed by atoms with Gasteiger partial charge in [-0.1, -0.05) is 35.3 Å². The van der Waals surface area contributed by atoms with E-state index in [2.05, 4.69) is 9.97 Å². The molecule has 3 aromatic rings. The first-order valence-electron chi connectivity index (χ1n) is 9.54. The molecule has 0 unspecified atom stereocenters. The van der Waals surface area contributed by atoms with Gasteiger partial charge in [-0.05, 0) is 48.2 Å². The molecule has 2 heterocycles. The van der Waals surface area contributed by atoms with Crippen LogP contribution < -0.4 is 0 Å². The molecule has 31 heavy (non-hydrogen) atoms. The Morgan fingerprint density at radius 1 is 1.00 bits per heavy atom. The maximum atomic E-state index is 13.7. The van der Waals surface area contributed by atoms with Gasteiger partial charge in [0.15, 0.2) is 14.9 Å². The number of imidazole rings is 1. The topological polar surface area (TPSA) is 72.0 Å². The molecule has 1 fully saturated rings. The van der Waals surface area contributed by atoms with E-state index in [0.717, 1.165) is 0 Å². The van der Waals surface area contributed by atoms with Crippen molar-refractivity contribution in [1.82, 2.24) is 9.97 Å². The standard InChI is InChI=1S/C21H18Cl2F2N2O3S/c22-15-9-12(1-3-17(15)24)20(13-2-4-18(25)16(23)10-13)21-26-11-19(27-21)31(28,29)14-5-7-30-8-6-14/h1-4,9-11,14,20H,5-8H2,(H,26,27). The minimum absolute atomic E-state index is 0.0131. The van der Waals surface area contributed by atoms with E-state index in [4.69, 9.17) is 27.9 Å². The lowest BCUT2D eigenvalue weighted by molar-refractivity contribution is 0.0983. The van der Waals surface area contributed by atoms with Crippen LogP contribution in [-0.2, 0) is 14.6 Å². The molecule has 1 aliphatic heterocycles. The predicted octanol–water partition coefficient (Wildman–Crippen LogP) is 5.13. The number of rotatable bonds is 5. The van der Waals surface area contributed by atoms with E-state index in [1.807, 2.05) is 0 Å². The number of halogens is 4. The zero-order valence-electron chi connectivity index (χ0n) is 16.1. The minimum atomic E-state index is -3.64. The van der Waals surface area contributed by atoms with Crippen LogP contribution in [-0.4, -0.2) is 36.8 Å². The van der Waals surface area contributed by atoms with Gasteiger partial charge in [-0.2, -0.15) is 0 Å². The number of sulfone groups is 1. The molecule has 164 valence electrons. The fourth-order valence-corrected chi connectivity index (χ4v) is 5.66. The maximum Gasteiger partial charge on any atom is 0.198 e. The summed E-state index contributed by atoms with van der Waals surface area (Å²) in [6.07, 6.45) is 2.08. The first-order chi connectivity index (χ1) is 14.8. The van der Waals surface area contributed by atoms with Crippen LogP contribution in [0.1, 0.15) is 35.7 Å². The summed E-state index contributed by atoms with van der Waals surface area (Å²) >= 11 is 11.9. The van der Waals surface area contributed by atoms with E-state index in [-0.39, 0.29) is 20.9 Å². The van der Waals surface area contributed by atoms with Crippen molar-refractivity contribution in [3.05, 3.63) is 81.2 Å². The monoisotopic (exact) mass is 486 g/mol. The van der Waals surface area contributed by atoms with Gasteiger partial charge in [0.25, 0.3) is 0 Å². The van der Waals surface area contributed by atoms with Crippen LogP contribution in [0.3, 0.4) is 0 Å². The molecule has 1 N–H and O–H groups in total. The summed E-state index contributed by atoms with van der Waals surface area (Å²) in [5.74, 6) is -1.57. The van der Waals surface area contributed by atoms with Crippen LogP contribution in [0.25, 0.3) is 0 Å². The molecule has 1 aliphatic rings. The van der Waals surface area contributed by atoms with Gasteiger partial charge in [0, 0.05) is 13.2 Å². The van der Waals surface area contributed by atoms with Gasteiger partial charge in [-0.15, -0.1) is 0 Å². The lowest BCUT2D eigenvalue weighted by Crippen LogP contribution is -2.29. The highest BCUT2D eigenvalue weighted by Gasteiger charge is 2.32. The van der Waals surface area contributed by atoms with Crippen LogP contribution in [0.15, 0.2) is 47.6 Å². The number of ether oxygens (including phenoxy) is 1. The van der Waals surface area contributed by atoms with Crippen molar-refractivity contribution in [2.45, 2.75) is 29.0 Å². The van der Waals surface area contributed by atoms with Crippen molar-refractivity contribution in [3.8, 4) is 0 Å². The lowest BCUT2D eigenvalue weighted by atomic mass is 9.90. The lowest BCUT2D eigenvalue weighted by Gasteiger charge is -2.21. The smallest absolute Gasteiger partial charge is 0.198 e. The number of hydrogen-bond acceptors (Lipinski definition) is 4. The SMILES string of the molecule is O=S(=O)(c1cnc(C(c2ccc(F)c(Cl)c2)c2ccc(F)c(Cl)c2)[nH]1)C1CCOCC1. The van der Waals surface area contributed by atoms with Crippen LogP contribution in [0, 0.1) is 11.6 Å². The van der Waals surface area contributed by atoms with Crippen molar-refractivity contribution < 1.29 is 21.9 Å². The number of benzene rings is 2. The molecule has 0 amide bonds. The summed E-state index contributed by atoms with van der Waals surface area (Å²) in [5.41, 5.74) is 1.08. The number of nitrogens with one attached hydrogen (secondary N) is 1. The first-order valence-corrected chi connectivity index (χ1v) is 11.8. The third-order valence-electron chi connectivity index (χ3n) is 5.31. The molecule has 0 radical (unpaired) electrons. The summed E-state index contributed by atoms with van der Waals surface area (Å²) < 4.78 is 58.8. The highest BCUT2D eigenvalue weighted by Crippen LogP contribution is 2.35. The summed E-state index contributed by atoms with van der Waals surface area (Å²) in [6, 6.07) is 8.29. The van der Waals surface area contributed by atoms with Crippen molar-refractivity contribution in [1.29, 1.82) is 0 Å². The van der Waals surface area contributed by atoms with E-state index in [9.17, 15) is 17.2 Å². The van der Waals surface area contributed by atoms with Gasteiger partial charge in [0.05, 0.1) is 27.4 Å². The van der Waals surface area contributed by atoms with Gasteiger partial charge < -0.3 is 9.72 Å². The van der Waals surface area contributed by atoms with E-state index in [1.165, 1.54) is 42.6 Å². The van der Waals surface area contributed by atoms with Crippen molar-refractivity contribution in [2.24, 2.45) is 0 Å². The Labute approximate surface area is 188 Å². The molecule has 0 aliphatic carbocycles. The van der Waals surface area contributed by atoms with Crippen LogP contribution in [0.2, 0.25) is 10.0 Å². The Kier molecular flexibility index (Phi) is 6.35. The molecule has 0 spiro atoms. The van der Waals surface area contributed by atoms with E-state index in [0.29, 0.717) is 37.2 Å². The summed E-state index contributed by atoms with van der Waals surface area (Å²) in [7, 11) is -3.64.